The molecule has 0 bridgehead atoms. The molecule has 0 aliphatic heterocycles. The molecule has 1 saturated carbocycles. The zero-order valence-electron chi connectivity index (χ0n) is 8.86. The van der Waals surface area contributed by atoms with Crippen molar-refractivity contribution in [2.45, 2.75) is 20.3 Å². The predicted molar refractivity (Wildman–Crippen MR) is 51.7 cm³/mol. The molecule has 0 aromatic rings. The molecule has 0 spiro atoms. The second-order valence-corrected chi connectivity index (χ2v) is 4.25. The molecule has 0 saturated heterocycles. The summed E-state index contributed by atoms with van der Waals surface area (Å²) in [5.74, 6) is -1.01. The van der Waals surface area contributed by atoms with Crippen molar-refractivity contribution in [3.8, 4) is 0 Å². The van der Waals surface area contributed by atoms with E-state index >= 15 is 0 Å². The number of nitrogens with zero attached hydrogens (tertiary/aromatic N) is 1. The Kier molecular flexibility index (Phi) is 3.13. The minimum atomic E-state index is -1.05. The molecule has 0 aromatic heterocycles. The van der Waals surface area contributed by atoms with Crippen LogP contribution in [0.4, 0.5) is 0 Å². The highest BCUT2D eigenvalue weighted by Crippen LogP contribution is 2.38. The van der Waals surface area contributed by atoms with Crippen molar-refractivity contribution in [3.63, 3.8) is 0 Å². The maximum Gasteiger partial charge on any atom is 0.315 e. The van der Waals surface area contributed by atoms with E-state index in [1.54, 1.807) is 7.05 Å². The van der Waals surface area contributed by atoms with Crippen molar-refractivity contribution < 1.29 is 14.7 Å². The van der Waals surface area contributed by atoms with E-state index in [4.69, 9.17) is 5.11 Å². The number of hydrogen-bond donors (Lipinski definition) is 1. The van der Waals surface area contributed by atoms with Crippen molar-refractivity contribution >= 4 is 11.9 Å². The molecule has 3 atom stereocenters. The van der Waals surface area contributed by atoms with Crippen LogP contribution in [0, 0.1) is 17.8 Å². The third kappa shape index (κ3) is 2.47. The molecule has 14 heavy (non-hydrogen) atoms. The fraction of sp³-hybridized carbons (Fsp3) is 0.800. The van der Waals surface area contributed by atoms with Gasteiger partial charge in [-0.15, -0.1) is 0 Å². The second-order valence-electron chi connectivity index (χ2n) is 4.25. The minimum Gasteiger partial charge on any atom is -0.481 e. The average Bonchev–Trinajstić information content (AvgIpc) is 2.78. The van der Waals surface area contributed by atoms with Crippen molar-refractivity contribution in [2.75, 3.05) is 13.6 Å². The Balaban J connectivity index is 2.39. The van der Waals surface area contributed by atoms with Crippen LogP contribution >= 0.6 is 0 Å². The third-order valence-corrected chi connectivity index (χ3v) is 2.90. The van der Waals surface area contributed by atoms with E-state index in [1.807, 2.05) is 0 Å². The predicted octanol–water partition coefficient (Wildman–Crippen LogP) is 0.821. The molecule has 1 N–H and O–H groups in total. The Hall–Kier alpha value is -1.06. The molecule has 0 aromatic carbocycles. The van der Waals surface area contributed by atoms with Gasteiger partial charge in [0.05, 0.1) is 0 Å². The lowest BCUT2D eigenvalue weighted by Crippen LogP contribution is -2.36. The summed E-state index contributed by atoms with van der Waals surface area (Å²) < 4.78 is 0. The Bertz CT molecular complexity index is 252. The average molecular weight is 199 g/mol. The number of carbonyl (C=O) groups is 2. The monoisotopic (exact) mass is 199 g/mol. The van der Waals surface area contributed by atoms with Gasteiger partial charge >= 0.3 is 5.97 Å². The maximum atomic E-state index is 11.5. The fourth-order valence-electron chi connectivity index (χ4n) is 1.53. The van der Waals surface area contributed by atoms with E-state index in [0.717, 1.165) is 6.42 Å². The largest absolute Gasteiger partial charge is 0.481 e. The zero-order valence-corrected chi connectivity index (χ0v) is 8.86. The van der Waals surface area contributed by atoms with Gasteiger partial charge in [0.2, 0.25) is 5.91 Å². The topological polar surface area (TPSA) is 57.6 Å². The summed E-state index contributed by atoms with van der Waals surface area (Å²) in [6.45, 7) is 4.26. The summed E-state index contributed by atoms with van der Waals surface area (Å²) in [7, 11) is 1.67. The number of hydrogen-bond acceptors (Lipinski definition) is 2. The third-order valence-electron chi connectivity index (χ3n) is 2.90. The summed E-state index contributed by atoms with van der Waals surface area (Å²) in [5, 5.41) is 8.66. The van der Waals surface area contributed by atoms with E-state index in [0.29, 0.717) is 18.4 Å². The van der Waals surface area contributed by atoms with Gasteiger partial charge in [-0.3, -0.25) is 9.59 Å². The van der Waals surface area contributed by atoms with E-state index in [1.165, 1.54) is 11.8 Å². The van der Waals surface area contributed by atoms with Crippen LogP contribution in [0.5, 0.6) is 0 Å². The highest BCUT2D eigenvalue weighted by Gasteiger charge is 2.35. The quantitative estimate of drug-likeness (QED) is 0.682. The van der Waals surface area contributed by atoms with Gasteiger partial charge in [-0.25, -0.2) is 0 Å². The van der Waals surface area contributed by atoms with Crippen LogP contribution in [0.15, 0.2) is 0 Å². The van der Waals surface area contributed by atoms with Gasteiger partial charge in [-0.2, -0.15) is 0 Å². The van der Waals surface area contributed by atoms with Gasteiger partial charge in [0, 0.05) is 13.6 Å². The van der Waals surface area contributed by atoms with Crippen molar-refractivity contribution in [3.05, 3.63) is 0 Å². The molecule has 1 rings (SSSR count). The molecule has 0 radical (unpaired) electrons. The van der Waals surface area contributed by atoms with Gasteiger partial charge in [0.15, 0.2) is 0 Å². The molecular weight excluding hydrogens is 182 g/mol. The standard InChI is InChI=1S/C10H17NO3/c1-6-4-8(6)5-11(3)9(12)7(2)10(13)14/h6-8H,4-5H2,1-3H3,(H,13,14). The number of carboxylic acid groups (broad SMARTS) is 1. The first-order valence-electron chi connectivity index (χ1n) is 4.91. The lowest BCUT2D eigenvalue weighted by Gasteiger charge is -2.19. The Morgan fingerprint density at radius 2 is 2.07 bits per heavy atom. The van der Waals surface area contributed by atoms with Crippen LogP contribution in [0.25, 0.3) is 0 Å². The minimum absolute atomic E-state index is 0.295. The zero-order chi connectivity index (χ0) is 10.9. The van der Waals surface area contributed by atoms with Crippen LogP contribution < -0.4 is 0 Å². The highest BCUT2D eigenvalue weighted by atomic mass is 16.4. The second kappa shape index (κ2) is 3.98. The van der Waals surface area contributed by atoms with Crippen LogP contribution in [0.3, 0.4) is 0 Å². The molecule has 1 aliphatic carbocycles. The normalized spacial score (nSPS) is 26.8. The SMILES string of the molecule is CC(C(=O)O)C(=O)N(C)CC1CC1C. The smallest absolute Gasteiger partial charge is 0.315 e. The Morgan fingerprint density at radius 3 is 2.43 bits per heavy atom. The molecule has 0 heterocycles. The summed E-state index contributed by atoms with van der Waals surface area (Å²) in [5.41, 5.74) is 0. The molecule has 4 heteroatoms. The molecule has 1 aliphatic rings. The number of amides is 1. The first kappa shape index (κ1) is 11.0. The van der Waals surface area contributed by atoms with Gasteiger partial charge in [-0.05, 0) is 25.2 Å². The van der Waals surface area contributed by atoms with Crippen LogP contribution in [-0.2, 0) is 9.59 Å². The number of rotatable bonds is 4. The van der Waals surface area contributed by atoms with Crippen LogP contribution in [0.2, 0.25) is 0 Å². The molecule has 80 valence electrons. The van der Waals surface area contributed by atoms with E-state index < -0.39 is 11.9 Å². The molecular formula is C10H17NO3. The van der Waals surface area contributed by atoms with Crippen molar-refractivity contribution in [1.29, 1.82) is 0 Å². The van der Waals surface area contributed by atoms with Crippen molar-refractivity contribution in [2.24, 2.45) is 17.8 Å². The number of carbonyl (C=O) groups excluding carboxylic acids is 1. The van der Waals surface area contributed by atoms with Crippen LogP contribution in [0.1, 0.15) is 20.3 Å². The van der Waals surface area contributed by atoms with Gasteiger partial charge in [-0.1, -0.05) is 6.92 Å². The Labute approximate surface area is 83.9 Å². The van der Waals surface area contributed by atoms with Crippen LogP contribution in [-0.4, -0.2) is 35.5 Å². The summed E-state index contributed by atoms with van der Waals surface area (Å²) in [6, 6.07) is 0. The lowest BCUT2D eigenvalue weighted by molar-refractivity contribution is -0.149. The first-order valence-corrected chi connectivity index (χ1v) is 4.91. The van der Waals surface area contributed by atoms with E-state index in [9.17, 15) is 9.59 Å². The van der Waals surface area contributed by atoms with Gasteiger partial charge in [0.25, 0.3) is 0 Å². The summed E-state index contributed by atoms with van der Waals surface area (Å²) in [6.07, 6.45) is 1.15. The number of aliphatic carboxylic acids is 1. The van der Waals surface area contributed by atoms with Gasteiger partial charge < -0.3 is 10.0 Å². The summed E-state index contributed by atoms with van der Waals surface area (Å²) >= 11 is 0. The molecule has 1 fully saturated rings. The summed E-state index contributed by atoms with van der Waals surface area (Å²) in [4.78, 5) is 23.6. The maximum absolute atomic E-state index is 11.5. The Morgan fingerprint density at radius 1 is 1.57 bits per heavy atom. The van der Waals surface area contributed by atoms with E-state index in [-0.39, 0.29) is 5.91 Å². The first-order chi connectivity index (χ1) is 6.43. The van der Waals surface area contributed by atoms with Crippen molar-refractivity contribution in [1.82, 2.24) is 4.90 Å². The highest BCUT2D eigenvalue weighted by molar-refractivity contribution is 5.96. The van der Waals surface area contributed by atoms with E-state index in [2.05, 4.69) is 6.92 Å². The molecule has 1 amide bonds. The number of carboxylic acids is 1. The molecule has 4 nitrogen and oxygen atoms in total. The van der Waals surface area contributed by atoms with Gasteiger partial charge in [0.1, 0.15) is 5.92 Å². The fourth-order valence-corrected chi connectivity index (χ4v) is 1.53. The lowest BCUT2D eigenvalue weighted by atomic mass is 10.1. The molecule has 3 unspecified atom stereocenters.